The van der Waals surface area contributed by atoms with Gasteiger partial charge in [0.25, 0.3) is 5.09 Å². The Balaban J connectivity index is 0. The van der Waals surface area contributed by atoms with Crippen LogP contribution in [0.3, 0.4) is 0 Å². The number of carbonyl (C=O) groups is 2. The number of rotatable bonds is 22. The predicted molar refractivity (Wildman–Crippen MR) is 145 cm³/mol. The summed E-state index contributed by atoms with van der Waals surface area (Å²) >= 11 is 0. The fraction of sp³-hybridized carbons (Fsp3) is 0.857. The summed E-state index contributed by atoms with van der Waals surface area (Å²) in [6.07, 6.45) is 20.8. The first-order valence-corrected chi connectivity index (χ1v) is 14.0. The summed E-state index contributed by atoms with van der Waals surface area (Å²) in [4.78, 5) is 37.3. The van der Waals surface area contributed by atoms with Crippen molar-refractivity contribution < 1.29 is 19.5 Å². The summed E-state index contributed by atoms with van der Waals surface area (Å²) in [5, 5.41) is 11.7. The van der Waals surface area contributed by atoms with Crippen LogP contribution in [0.1, 0.15) is 137 Å². The van der Waals surface area contributed by atoms with Gasteiger partial charge in [0.1, 0.15) is 11.9 Å². The number of amides is 1. The third-order valence-electron chi connectivity index (χ3n) is 5.96. The highest BCUT2D eigenvalue weighted by Gasteiger charge is 2.10. The van der Waals surface area contributed by atoms with Crippen LogP contribution in [0.2, 0.25) is 0 Å². The molecule has 0 radical (unpaired) electrons. The Labute approximate surface area is 215 Å². The number of hydrogen-bond donors (Lipinski definition) is 1. The summed E-state index contributed by atoms with van der Waals surface area (Å²) < 4.78 is 0. The summed E-state index contributed by atoms with van der Waals surface area (Å²) in [6, 6.07) is 0. The molecule has 0 bridgehead atoms. The number of nitrogens with zero attached hydrogens (tertiary/aromatic N) is 1. The molecule has 0 heterocycles. The van der Waals surface area contributed by atoms with E-state index in [1.54, 1.807) is 0 Å². The van der Waals surface area contributed by atoms with Crippen molar-refractivity contribution in [1.82, 2.24) is 5.32 Å². The molecule has 35 heavy (non-hydrogen) atoms. The molecular formula is C28H54N2O5. The van der Waals surface area contributed by atoms with Crippen LogP contribution in [0, 0.1) is 16.0 Å². The minimum absolute atomic E-state index is 0.103. The first-order valence-electron chi connectivity index (χ1n) is 14.0. The summed E-state index contributed by atoms with van der Waals surface area (Å²) in [5.74, 6) is 1.18. The lowest BCUT2D eigenvalue weighted by atomic mass is 9.92. The van der Waals surface area contributed by atoms with Gasteiger partial charge < -0.3 is 10.2 Å². The quantitative estimate of drug-likeness (QED) is 0.0712. The molecule has 7 nitrogen and oxygen atoms in total. The van der Waals surface area contributed by atoms with E-state index in [-0.39, 0.29) is 12.5 Å². The highest BCUT2D eigenvalue weighted by Crippen LogP contribution is 2.19. The number of nitrogens with one attached hydrogen (secondary N) is 1. The molecule has 206 valence electrons. The molecule has 0 rings (SSSR count). The van der Waals surface area contributed by atoms with Gasteiger partial charge in [0.15, 0.2) is 0 Å². The lowest BCUT2D eigenvalue weighted by Gasteiger charge is -2.13. The van der Waals surface area contributed by atoms with Crippen LogP contribution in [0.25, 0.3) is 0 Å². The molecule has 1 N–H and O–H groups in total. The van der Waals surface area contributed by atoms with Gasteiger partial charge in [-0.3, -0.25) is 9.59 Å². The minimum Gasteiger partial charge on any atom is -0.354 e. The molecular weight excluding hydrogens is 444 g/mol. The zero-order valence-electron chi connectivity index (χ0n) is 23.3. The highest BCUT2D eigenvalue weighted by atomic mass is 17.0. The molecule has 2 atom stereocenters. The number of ketones is 1. The fourth-order valence-corrected chi connectivity index (χ4v) is 3.66. The number of unbranched alkanes of at least 4 members (excludes halogenated alkanes) is 6. The van der Waals surface area contributed by atoms with Crippen LogP contribution >= 0.6 is 0 Å². The maximum absolute atomic E-state index is 11.8. The van der Waals surface area contributed by atoms with E-state index in [9.17, 15) is 19.7 Å². The van der Waals surface area contributed by atoms with E-state index >= 15 is 0 Å². The van der Waals surface area contributed by atoms with Crippen molar-refractivity contribution in [3.05, 3.63) is 22.3 Å². The number of allylic oxidation sites excluding steroid dienone is 2. The van der Waals surface area contributed by atoms with Gasteiger partial charge in [0.2, 0.25) is 5.91 Å². The van der Waals surface area contributed by atoms with E-state index in [4.69, 9.17) is 0 Å². The summed E-state index contributed by atoms with van der Waals surface area (Å²) in [6.45, 7) is 10.5. The number of carbonyl (C=O) groups excluding carboxylic acids is 2. The standard InChI is InChI=1S/C17H34O.C11H20N2O4/c1-4-7-9-10-11-13-17(18)15-14-16(6-3)12-8-5-2;1-3-4-5-6-7-8-11(14)12-9-10(2)17-13(15)16/h16H,4-15H2,1-3H3;4-5,10H,3,6-9H2,1-2H3,(H,12,14)/b;5-4-. The van der Waals surface area contributed by atoms with Crippen molar-refractivity contribution >= 4 is 11.7 Å². The Morgan fingerprint density at radius 1 is 0.886 bits per heavy atom. The average molecular weight is 499 g/mol. The molecule has 0 saturated heterocycles. The largest absolute Gasteiger partial charge is 0.354 e. The van der Waals surface area contributed by atoms with Crippen molar-refractivity contribution in [1.29, 1.82) is 0 Å². The molecule has 7 heteroatoms. The topological polar surface area (TPSA) is 98.5 Å². The van der Waals surface area contributed by atoms with E-state index in [1.807, 2.05) is 6.08 Å². The maximum atomic E-state index is 11.8. The smallest absolute Gasteiger partial charge is 0.294 e. The van der Waals surface area contributed by atoms with Crippen molar-refractivity contribution in [3.8, 4) is 0 Å². The SMILES string of the molecule is CC/C=C\CCCC(=O)NCC(C)O[N+](=O)[O-].CCCCCCCC(=O)CCC(CC)CCCC. The second-order valence-corrected chi connectivity index (χ2v) is 9.37. The molecule has 1 amide bonds. The van der Waals surface area contributed by atoms with Crippen LogP contribution in [-0.2, 0) is 14.4 Å². The first kappa shape index (κ1) is 35.2. The van der Waals surface area contributed by atoms with Gasteiger partial charge in [-0.25, -0.2) is 0 Å². The van der Waals surface area contributed by atoms with Crippen molar-refractivity contribution in [2.45, 2.75) is 143 Å². The van der Waals surface area contributed by atoms with E-state index in [0.29, 0.717) is 12.2 Å². The van der Waals surface area contributed by atoms with E-state index < -0.39 is 11.2 Å². The second-order valence-electron chi connectivity index (χ2n) is 9.37. The lowest BCUT2D eigenvalue weighted by Crippen LogP contribution is -2.32. The van der Waals surface area contributed by atoms with Crippen LogP contribution in [0.4, 0.5) is 0 Å². The van der Waals surface area contributed by atoms with Gasteiger partial charge in [-0.15, -0.1) is 10.1 Å². The third-order valence-corrected chi connectivity index (χ3v) is 5.96. The van der Waals surface area contributed by atoms with Gasteiger partial charge >= 0.3 is 0 Å². The van der Waals surface area contributed by atoms with Crippen LogP contribution in [0.5, 0.6) is 0 Å². The zero-order valence-corrected chi connectivity index (χ0v) is 23.3. The molecule has 0 aliphatic carbocycles. The molecule has 0 aromatic rings. The molecule has 0 aliphatic rings. The average Bonchev–Trinajstić information content (AvgIpc) is 2.82. The normalized spacial score (nSPS) is 12.5. The van der Waals surface area contributed by atoms with Gasteiger partial charge in [-0.2, -0.15) is 0 Å². The Morgan fingerprint density at radius 2 is 1.57 bits per heavy atom. The molecule has 0 aliphatic heterocycles. The van der Waals surface area contributed by atoms with Crippen molar-refractivity contribution in [3.63, 3.8) is 0 Å². The lowest BCUT2D eigenvalue weighted by molar-refractivity contribution is -0.767. The minimum atomic E-state index is -0.855. The predicted octanol–water partition coefficient (Wildman–Crippen LogP) is 7.75. The van der Waals surface area contributed by atoms with E-state index in [1.165, 1.54) is 58.3 Å². The van der Waals surface area contributed by atoms with Gasteiger partial charge in [-0.05, 0) is 44.9 Å². The van der Waals surface area contributed by atoms with Crippen LogP contribution in [0.15, 0.2) is 12.2 Å². The molecule has 0 spiro atoms. The Bertz CT molecular complexity index is 551. The number of Topliss-reactive ketones (excluding diaryl/α,β-unsaturated/α-hetero) is 1. The Hall–Kier alpha value is -1.92. The molecule has 2 unspecified atom stereocenters. The van der Waals surface area contributed by atoms with Gasteiger partial charge in [-0.1, -0.05) is 91.2 Å². The van der Waals surface area contributed by atoms with E-state index in [2.05, 4.69) is 43.9 Å². The molecule has 0 aromatic heterocycles. The third kappa shape index (κ3) is 28.2. The second kappa shape index (κ2) is 26.7. The van der Waals surface area contributed by atoms with Crippen LogP contribution < -0.4 is 5.32 Å². The fourth-order valence-electron chi connectivity index (χ4n) is 3.66. The number of hydrogen-bond acceptors (Lipinski definition) is 5. The molecule has 0 saturated carbocycles. The van der Waals surface area contributed by atoms with Crippen LogP contribution in [-0.4, -0.2) is 29.4 Å². The van der Waals surface area contributed by atoms with Gasteiger partial charge in [0.05, 0.1) is 0 Å². The zero-order chi connectivity index (χ0) is 26.7. The monoisotopic (exact) mass is 498 g/mol. The molecule has 0 aromatic carbocycles. The van der Waals surface area contributed by atoms with Gasteiger partial charge in [0, 0.05) is 25.8 Å². The summed E-state index contributed by atoms with van der Waals surface area (Å²) in [5.41, 5.74) is 0. The summed E-state index contributed by atoms with van der Waals surface area (Å²) in [7, 11) is 0. The maximum Gasteiger partial charge on any atom is 0.294 e. The molecule has 0 fully saturated rings. The highest BCUT2D eigenvalue weighted by molar-refractivity contribution is 5.78. The Morgan fingerprint density at radius 3 is 2.17 bits per heavy atom. The Kier molecular flexibility index (Phi) is 26.9. The van der Waals surface area contributed by atoms with Crippen molar-refractivity contribution in [2.24, 2.45) is 5.92 Å². The first-order chi connectivity index (χ1) is 16.8. The van der Waals surface area contributed by atoms with E-state index in [0.717, 1.165) is 50.9 Å². The van der Waals surface area contributed by atoms with Crippen molar-refractivity contribution in [2.75, 3.05) is 6.54 Å².